The highest BCUT2D eigenvalue weighted by Gasteiger charge is 2.09. The van der Waals surface area contributed by atoms with Crippen molar-refractivity contribution in [1.82, 2.24) is 0 Å². The van der Waals surface area contributed by atoms with Crippen LogP contribution in [-0.4, -0.2) is 0 Å². The third kappa shape index (κ3) is 1.70. The maximum Gasteiger partial charge on any atom is 0.238 e. The summed E-state index contributed by atoms with van der Waals surface area (Å²) >= 11 is 3.81. The number of thiol groups is 1. The minimum Gasteiger partial charge on any atom is -0.285 e. The lowest BCUT2D eigenvalue weighted by Gasteiger charge is -1.86. The van der Waals surface area contributed by atoms with Crippen molar-refractivity contribution in [2.75, 3.05) is 0 Å². The maximum atomic E-state index is 11.4. The number of rotatable bonds is 0. The van der Waals surface area contributed by atoms with Crippen LogP contribution in [0.5, 0.6) is 0 Å². The van der Waals surface area contributed by atoms with E-state index in [1.807, 2.05) is 0 Å². The zero-order valence-corrected chi connectivity index (χ0v) is 9.05. The predicted octanol–water partition coefficient (Wildman–Crippen LogP) is -2.14. The van der Waals surface area contributed by atoms with Crippen LogP contribution in [0.25, 0.3) is 11.0 Å². The van der Waals surface area contributed by atoms with Crippen LogP contribution in [0.3, 0.4) is 0 Å². The first kappa shape index (κ1) is 11.6. The highest BCUT2D eigenvalue weighted by molar-refractivity contribution is 7.90. The van der Waals surface area contributed by atoms with E-state index in [0.717, 1.165) is 0 Å². The second kappa shape index (κ2) is 3.94. The van der Waals surface area contributed by atoms with Crippen molar-refractivity contribution in [1.29, 1.82) is 0 Å². The molecule has 0 saturated heterocycles. The van der Waals surface area contributed by atoms with Crippen molar-refractivity contribution in [3.63, 3.8) is 0 Å². The van der Waals surface area contributed by atoms with Crippen LogP contribution >= 0.6 is 12.6 Å². The monoisotopic (exact) mass is 224 g/mol. The Hall–Kier alpha value is -1.49. The van der Waals surface area contributed by atoms with Gasteiger partial charge >= 0.3 is 0 Å². The fourth-order valence-electron chi connectivity index (χ4n) is 1.27. The molecule has 0 amide bonds. The van der Waals surface area contributed by atoms with Gasteiger partial charge in [0.25, 0.3) is 0 Å². The summed E-state index contributed by atoms with van der Waals surface area (Å²) < 4.78 is 0. The summed E-state index contributed by atoms with van der Waals surface area (Å²) in [5, 5.41) is -0.776. The molecule has 0 saturated carbocycles. The highest BCUT2D eigenvalue weighted by atomic mass is 32.1. The van der Waals surface area contributed by atoms with Crippen LogP contribution in [0.15, 0.2) is 19.2 Å². The van der Waals surface area contributed by atoms with Crippen LogP contribution in [0.1, 0.15) is 13.8 Å². The van der Waals surface area contributed by atoms with Gasteiger partial charge in [0.15, 0.2) is 0 Å². The van der Waals surface area contributed by atoms with E-state index in [1.54, 1.807) is 0 Å². The van der Waals surface area contributed by atoms with Crippen LogP contribution in [-0.2, 0) is 0 Å². The second-order valence-electron chi connectivity index (χ2n) is 2.98. The zero-order valence-electron chi connectivity index (χ0n) is 8.16. The van der Waals surface area contributed by atoms with Gasteiger partial charge in [-0.3, -0.25) is 19.2 Å². The van der Waals surface area contributed by atoms with Crippen molar-refractivity contribution >= 4 is 23.6 Å². The Labute approximate surface area is 89.3 Å². The Balaban J connectivity index is 4.47. The van der Waals surface area contributed by atoms with E-state index >= 15 is 0 Å². The first-order chi connectivity index (χ1) is 6.91. The molecule has 4 nitrogen and oxygen atoms in total. The van der Waals surface area contributed by atoms with Crippen LogP contribution < -0.4 is 32.2 Å². The molecule has 0 aromatic heterocycles. The summed E-state index contributed by atoms with van der Waals surface area (Å²) in [7, 11) is 0. The molecule has 0 atom stereocenters. The lowest BCUT2D eigenvalue weighted by atomic mass is 10.2. The summed E-state index contributed by atoms with van der Waals surface area (Å²) in [6, 6.07) is 0. The van der Waals surface area contributed by atoms with Crippen LogP contribution in [0, 0.1) is 0 Å². The lowest BCUT2D eigenvalue weighted by Crippen LogP contribution is -2.64. The Morgan fingerprint density at radius 2 is 1.40 bits per heavy atom. The fraction of sp³-hybridized carbons (Fsp3) is 0.200. The lowest BCUT2D eigenvalue weighted by molar-refractivity contribution is 1.25. The number of hydrogen-bond acceptors (Lipinski definition) is 5. The Morgan fingerprint density at radius 1 is 1.00 bits per heavy atom. The summed E-state index contributed by atoms with van der Waals surface area (Å²) in [6.07, 6.45) is 1.17. The first-order valence-electron chi connectivity index (χ1n) is 4.16. The molecule has 0 spiro atoms. The van der Waals surface area contributed by atoms with Gasteiger partial charge in [0.2, 0.25) is 21.7 Å². The van der Waals surface area contributed by atoms with E-state index in [1.165, 1.54) is 19.9 Å². The molecule has 0 N–H and O–H groups in total. The van der Waals surface area contributed by atoms with E-state index in [-0.39, 0.29) is 10.1 Å². The summed E-state index contributed by atoms with van der Waals surface area (Å²) in [5.41, 5.74) is -3.80. The average molecular weight is 224 g/mol. The summed E-state index contributed by atoms with van der Waals surface area (Å²) in [6.45, 7) is 2.81. The SMILES string of the molecule is CC=c1c(=O)c(=O)c(=C(C)S)c(=O)c1=O. The highest BCUT2D eigenvalue weighted by Crippen LogP contribution is 1.89. The minimum atomic E-state index is -0.958. The van der Waals surface area contributed by atoms with Crippen LogP contribution in [0.4, 0.5) is 0 Å². The molecular weight excluding hydrogens is 216 g/mol. The Morgan fingerprint density at radius 3 is 1.67 bits per heavy atom. The van der Waals surface area contributed by atoms with Crippen molar-refractivity contribution < 1.29 is 0 Å². The van der Waals surface area contributed by atoms with Crippen molar-refractivity contribution in [3.8, 4) is 0 Å². The molecule has 1 aromatic carbocycles. The fourth-order valence-corrected chi connectivity index (χ4v) is 1.47. The van der Waals surface area contributed by atoms with Gasteiger partial charge < -0.3 is 0 Å². The number of hydrogen-bond donors (Lipinski definition) is 1. The second-order valence-corrected chi connectivity index (χ2v) is 3.65. The van der Waals surface area contributed by atoms with Gasteiger partial charge in [-0.15, -0.1) is 12.6 Å². The molecule has 0 aliphatic heterocycles. The van der Waals surface area contributed by atoms with Gasteiger partial charge in [-0.05, 0) is 18.8 Å². The van der Waals surface area contributed by atoms with Gasteiger partial charge in [-0.25, -0.2) is 0 Å². The molecule has 0 fully saturated rings. The molecule has 15 heavy (non-hydrogen) atoms. The van der Waals surface area contributed by atoms with E-state index in [0.29, 0.717) is 0 Å². The summed E-state index contributed by atoms with van der Waals surface area (Å²) in [5.74, 6) is 0. The standard InChI is InChI=1S/C10H8O4S/c1-3-5-7(11)9(13)6(4(2)15)10(14)8(5)12/h3,15H,1-2H3. The largest absolute Gasteiger partial charge is 0.285 e. The van der Waals surface area contributed by atoms with Gasteiger partial charge in [0.05, 0.1) is 10.4 Å². The van der Waals surface area contributed by atoms with E-state index in [9.17, 15) is 19.2 Å². The van der Waals surface area contributed by atoms with Crippen LogP contribution in [0.2, 0.25) is 0 Å². The van der Waals surface area contributed by atoms with Crippen molar-refractivity contribution in [3.05, 3.63) is 51.3 Å². The van der Waals surface area contributed by atoms with E-state index in [4.69, 9.17) is 0 Å². The molecular formula is C10H8O4S. The van der Waals surface area contributed by atoms with Gasteiger partial charge in [0.1, 0.15) is 0 Å². The molecule has 78 valence electrons. The average Bonchev–Trinajstić information content (AvgIpc) is 2.16. The van der Waals surface area contributed by atoms with E-state index in [2.05, 4.69) is 12.6 Å². The molecule has 1 aromatic rings. The topological polar surface area (TPSA) is 68.3 Å². The number of benzene rings is 1. The molecule has 1 rings (SSSR count). The summed E-state index contributed by atoms with van der Waals surface area (Å²) in [4.78, 5) is 45.7. The minimum absolute atomic E-state index is 0.0850. The van der Waals surface area contributed by atoms with E-state index < -0.39 is 26.9 Å². The molecule has 0 heterocycles. The molecule has 0 aliphatic rings. The third-order valence-corrected chi connectivity index (χ3v) is 2.23. The van der Waals surface area contributed by atoms with Gasteiger partial charge in [0, 0.05) is 0 Å². The third-order valence-electron chi connectivity index (χ3n) is 2.01. The first-order valence-corrected chi connectivity index (χ1v) is 4.60. The zero-order chi connectivity index (χ0) is 11.7. The smallest absolute Gasteiger partial charge is 0.238 e. The predicted molar refractivity (Wildman–Crippen MR) is 61.4 cm³/mol. The molecule has 0 unspecified atom stereocenters. The molecule has 0 bridgehead atoms. The molecule has 0 aliphatic carbocycles. The van der Waals surface area contributed by atoms with Crippen molar-refractivity contribution in [2.45, 2.75) is 13.8 Å². The Kier molecular flexibility index (Phi) is 3.04. The Bertz CT molecular complexity index is 666. The van der Waals surface area contributed by atoms with Crippen molar-refractivity contribution in [2.24, 2.45) is 0 Å². The normalized spacial score (nSPS) is 10.1. The maximum absolute atomic E-state index is 11.4. The quantitative estimate of drug-likeness (QED) is 0.403. The molecule has 5 heteroatoms. The van der Waals surface area contributed by atoms with Gasteiger partial charge in [-0.2, -0.15) is 0 Å². The molecule has 0 radical (unpaired) electrons. The van der Waals surface area contributed by atoms with Gasteiger partial charge in [-0.1, -0.05) is 6.08 Å².